The zero-order chi connectivity index (χ0) is 24.1. The van der Waals surface area contributed by atoms with Gasteiger partial charge in [0.25, 0.3) is 0 Å². The second-order valence-electron chi connectivity index (χ2n) is 8.86. The van der Waals surface area contributed by atoms with E-state index in [0.29, 0.717) is 0 Å². The summed E-state index contributed by atoms with van der Waals surface area (Å²) in [4.78, 5) is 10.5. The van der Waals surface area contributed by atoms with Crippen LogP contribution >= 0.6 is 33.9 Å². The fourth-order valence-electron chi connectivity index (χ4n) is 4.81. The molecule has 0 fully saturated rings. The average molecular weight is 590 g/mol. The monoisotopic (exact) mass is 590 g/mol. The lowest BCUT2D eigenvalue weighted by Gasteiger charge is -2.08. The molecule has 170 valence electrons. The van der Waals surface area contributed by atoms with E-state index in [1.807, 2.05) is 18.5 Å². The van der Waals surface area contributed by atoms with Crippen molar-refractivity contribution in [3.63, 3.8) is 0 Å². The number of nitrogens with zero attached hydrogens (tertiary/aromatic N) is 2. The maximum Gasteiger partial charge on any atom is 0.124 e. The fourth-order valence-corrected chi connectivity index (χ4v) is 6.33. The molecule has 0 saturated carbocycles. The first-order valence-electron chi connectivity index (χ1n) is 11.8. The van der Waals surface area contributed by atoms with Gasteiger partial charge < -0.3 is 0 Å². The first kappa shape index (κ1) is 21.7. The quantitative estimate of drug-likeness (QED) is 0.192. The maximum absolute atomic E-state index is 4.88. The molecule has 36 heavy (non-hydrogen) atoms. The Morgan fingerprint density at radius 3 is 2.08 bits per heavy atom. The molecule has 7 aromatic rings. The molecule has 4 heteroatoms. The highest BCUT2D eigenvalue weighted by atomic mass is 127. The highest BCUT2D eigenvalue weighted by Crippen LogP contribution is 2.38. The van der Waals surface area contributed by atoms with Gasteiger partial charge in [-0.05, 0) is 92.5 Å². The first-order chi connectivity index (χ1) is 17.7. The number of fused-ring (bicyclic) bond motifs is 4. The molecule has 0 radical (unpaired) electrons. The minimum absolute atomic E-state index is 0.984. The van der Waals surface area contributed by atoms with Gasteiger partial charge in [0.2, 0.25) is 0 Å². The number of halogens is 1. The minimum Gasteiger partial charge on any atom is -0.256 e. The highest BCUT2D eigenvalue weighted by molar-refractivity contribution is 14.1. The van der Waals surface area contributed by atoms with Gasteiger partial charge in [0.05, 0.1) is 5.69 Å². The summed E-state index contributed by atoms with van der Waals surface area (Å²) in [5.74, 6) is 0. The smallest absolute Gasteiger partial charge is 0.124 e. The van der Waals surface area contributed by atoms with Crippen molar-refractivity contribution in [2.24, 2.45) is 0 Å². The molecule has 3 aromatic heterocycles. The molecule has 3 heterocycles. The van der Waals surface area contributed by atoms with Crippen molar-refractivity contribution < 1.29 is 0 Å². The van der Waals surface area contributed by atoms with Gasteiger partial charge >= 0.3 is 0 Å². The Kier molecular flexibility index (Phi) is 5.29. The molecule has 0 bridgehead atoms. The molecule has 0 aliphatic heterocycles. The molecule has 0 saturated heterocycles. The zero-order valence-electron chi connectivity index (χ0n) is 19.2. The Morgan fingerprint density at radius 1 is 0.583 bits per heavy atom. The first-order valence-corrected chi connectivity index (χ1v) is 13.7. The molecule has 4 aromatic carbocycles. The van der Waals surface area contributed by atoms with E-state index in [4.69, 9.17) is 4.98 Å². The van der Waals surface area contributed by atoms with Gasteiger partial charge in [0.15, 0.2) is 0 Å². The summed E-state index contributed by atoms with van der Waals surface area (Å²) in [5, 5.41) is 4.92. The van der Waals surface area contributed by atoms with Crippen LogP contribution < -0.4 is 0 Å². The average Bonchev–Trinajstić information content (AvgIpc) is 3.32. The molecule has 2 nitrogen and oxygen atoms in total. The zero-order valence-corrected chi connectivity index (χ0v) is 22.1. The van der Waals surface area contributed by atoms with E-state index in [2.05, 4.69) is 125 Å². The van der Waals surface area contributed by atoms with Crippen molar-refractivity contribution in [2.45, 2.75) is 0 Å². The predicted octanol–water partition coefficient (Wildman–Crippen LogP) is 9.60. The summed E-state index contributed by atoms with van der Waals surface area (Å²) < 4.78 is 2.48. The third-order valence-corrected chi connectivity index (χ3v) is 8.55. The summed E-state index contributed by atoms with van der Waals surface area (Å²) in [6.07, 6.45) is 3.85. The van der Waals surface area contributed by atoms with E-state index >= 15 is 0 Å². The van der Waals surface area contributed by atoms with Crippen LogP contribution in [0.1, 0.15) is 0 Å². The van der Waals surface area contributed by atoms with Crippen LogP contribution in [0.2, 0.25) is 0 Å². The molecule has 0 aliphatic carbocycles. The molecule has 0 unspecified atom stereocenters. The van der Waals surface area contributed by atoms with Gasteiger partial charge in [-0.1, -0.05) is 60.7 Å². The van der Waals surface area contributed by atoms with Gasteiger partial charge in [0.1, 0.15) is 4.83 Å². The third kappa shape index (κ3) is 3.77. The topological polar surface area (TPSA) is 25.8 Å². The van der Waals surface area contributed by atoms with E-state index in [-0.39, 0.29) is 0 Å². The Hall–Kier alpha value is -3.61. The van der Waals surface area contributed by atoms with Crippen LogP contribution in [0.25, 0.3) is 64.6 Å². The normalized spacial score (nSPS) is 11.5. The third-order valence-electron chi connectivity index (χ3n) is 6.67. The Bertz CT molecular complexity index is 1890. The van der Waals surface area contributed by atoms with Gasteiger partial charge in [0, 0.05) is 42.6 Å². The van der Waals surface area contributed by atoms with Crippen LogP contribution in [0.15, 0.2) is 116 Å². The lowest BCUT2D eigenvalue weighted by Crippen LogP contribution is -1.86. The molecular weight excluding hydrogens is 571 g/mol. The number of pyridine rings is 2. The van der Waals surface area contributed by atoms with Gasteiger partial charge in [-0.2, -0.15) is 0 Å². The molecule has 0 spiro atoms. The van der Waals surface area contributed by atoms with Gasteiger partial charge in [-0.25, -0.2) is 4.98 Å². The fraction of sp³-hybridized carbons (Fsp3) is 0. The number of aromatic nitrogens is 2. The Morgan fingerprint density at radius 2 is 1.31 bits per heavy atom. The van der Waals surface area contributed by atoms with E-state index in [9.17, 15) is 0 Å². The predicted molar refractivity (Wildman–Crippen MR) is 161 cm³/mol. The molecule has 0 atom stereocenters. The summed E-state index contributed by atoms with van der Waals surface area (Å²) in [6, 6.07) is 36.9. The van der Waals surface area contributed by atoms with Crippen molar-refractivity contribution in [2.75, 3.05) is 0 Å². The van der Waals surface area contributed by atoms with Gasteiger partial charge in [-0.3, -0.25) is 4.98 Å². The largest absolute Gasteiger partial charge is 0.256 e. The van der Waals surface area contributed by atoms with Crippen LogP contribution in [0.3, 0.4) is 0 Å². The van der Waals surface area contributed by atoms with Crippen LogP contribution in [0.5, 0.6) is 0 Å². The van der Waals surface area contributed by atoms with Crippen LogP contribution in [-0.2, 0) is 0 Å². The number of hydrogen-bond acceptors (Lipinski definition) is 3. The molecule has 0 N–H and O–H groups in total. The standard InChI is InChI=1S/C32H19IN2S/c33-26-13-10-20(11-14-26)22-8-6-21-7-9-23(18-25(21)17-22)24-12-15-30(35-19-24)29-4-1-3-27-28-5-2-16-34-32(28)36-31(27)29/h1-19H. The van der Waals surface area contributed by atoms with E-state index in [0.717, 1.165) is 21.7 Å². The van der Waals surface area contributed by atoms with Crippen molar-refractivity contribution in [1.82, 2.24) is 9.97 Å². The Labute approximate surface area is 226 Å². The molecular formula is C32H19IN2S. The second-order valence-corrected chi connectivity index (χ2v) is 11.1. The van der Waals surface area contributed by atoms with Crippen molar-refractivity contribution in [3.8, 4) is 33.5 Å². The van der Waals surface area contributed by atoms with E-state index < -0.39 is 0 Å². The number of hydrogen-bond donors (Lipinski definition) is 0. The number of benzene rings is 4. The summed E-state index contributed by atoms with van der Waals surface area (Å²) in [6.45, 7) is 0. The van der Waals surface area contributed by atoms with Crippen LogP contribution in [-0.4, -0.2) is 9.97 Å². The summed E-state index contributed by atoms with van der Waals surface area (Å²) in [7, 11) is 0. The van der Waals surface area contributed by atoms with Crippen LogP contribution in [0, 0.1) is 3.57 Å². The van der Waals surface area contributed by atoms with E-state index in [1.54, 1.807) is 11.3 Å². The van der Waals surface area contributed by atoms with Crippen molar-refractivity contribution in [3.05, 3.63) is 119 Å². The SMILES string of the molecule is Ic1ccc(-c2ccc3ccc(-c4ccc(-c5cccc6c5sc5ncccc56)nc4)cc3c2)cc1. The summed E-state index contributed by atoms with van der Waals surface area (Å²) >= 11 is 4.08. The van der Waals surface area contributed by atoms with Crippen molar-refractivity contribution in [1.29, 1.82) is 0 Å². The minimum atomic E-state index is 0.984. The lowest BCUT2D eigenvalue weighted by molar-refractivity contribution is 1.33. The second kappa shape index (κ2) is 8.80. The molecule has 0 aliphatic rings. The lowest BCUT2D eigenvalue weighted by atomic mass is 9.98. The highest BCUT2D eigenvalue weighted by Gasteiger charge is 2.12. The summed E-state index contributed by atoms with van der Waals surface area (Å²) in [5.41, 5.74) is 6.89. The van der Waals surface area contributed by atoms with Gasteiger partial charge in [-0.15, -0.1) is 11.3 Å². The van der Waals surface area contributed by atoms with Crippen LogP contribution in [0.4, 0.5) is 0 Å². The number of thiophene rings is 1. The maximum atomic E-state index is 4.88. The number of rotatable bonds is 3. The molecule has 0 amide bonds. The molecule has 7 rings (SSSR count). The Balaban J connectivity index is 1.26. The van der Waals surface area contributed by atoms with E-state index in [1.165, 1.54) is 46.5 Å². The van der Waals surface area contributed by atoms with Crippen molar-refractivity contribution >= 4 is 65.0 Å².